The number of hydrogen-bond donors (Lipinski definition) is 1. The number of hydrogen-bond acceptors (Lipinski definition) is 5. The Morgan fingerprint density at radius 1 is 1.50 bits per heavy atom. The second kappa shape index (κ2) is 6.00. The van der Waals surface area contributed by atoms with E-state index in [1.165, 1.54) is 10.9 Å². The SMILES string of the molecule is CCc1cnc(C(C)Nc2cc(C)ccc2[N+](=O)[O-])s1. The minimum atomic E-state index is -0.367. The molecule has 2 rings (SSSR count). The van der Waals surface area contributed by atoms with Crippen molar-refractivity contribution in [3.63, 3.8) is 0 Å². The molecular formula is C14H17N3O2S. The predicted octanol–water partition coefficient (Wildman–Crippen LogP) is 4.10. The highest BCUT2D eigenvalue weighted by atomic mass is 32.1. The molecule has 0 saturated heterocycles. The van der Waals surface area contributed by atoms with Gasteiger partial charge in [0.15, 0.2) is 0 Å². The Hall–Kier alpha value is -1.95. The summed E-state index contributed by atoms with van der Waals surface area (Å²) in [4.78, 5) is 16.3. The van der Waals surface area contributed by atoms with Crippen LogP contribution in [0.2, 0.25) is 0 Å². The summed E-state index contributed by atoms with van der Waals surface area (Å²) >= 11 is 1.64. The molecule has 1 heterocycles. The largest absolute Gasteiger partial charge is 0.371 e. The third-order valence-corrected chi connectivity index (χ3v) is 4.34. The molecule has 6 heteroatoms. The number of nitrogens with one attached hydrogen (secondary N) is 1. The molecule has 0 radical (unpaired) electrons. The third-order valence-electron chi connectivity index (χ3n) is 3.01. The summed E-state index contributed by atoms with van der Waals surface area (Å²) in [5.74, 6) is 0. The van der Waals surface area contributed by atoms with E-state index in [9.17, 15) is 10.1 Å². The fraction of sp³-hybridized carbons (Fsp3) is 0.357. The standard InChI is InChI=1S/C14H17N3O2S/c1-4-11-8-15-14(20-11)10(3)16-12-7-9(2)5-6-13(12)17(18)19/h5-8,10,16H,4H2,1-3H3. The van der Waals surface area contributed by atoms with Gasteiger partial charge < -0.3 is 5.32 Å². The maximum absolute atomic E-state index is 11.1. The third kappa shape index (κ3) is 3.14. The Balaban J connectivity index is 2.24. The summed E-state index contributed by atoms with van der Waals surface area (Å²) in [6.45, 7) is 5.96. The van der Waals surface area contributed by atoms with Gasteiger partial charge >= 0.3 is 0 Å². The number of thiazole rings is 1. The van der Waals surface area contributed by atoms with Crippen LogP contribution in [0.1, 0.15) is 35.3 Å². The van der Waals surface area contributed by atoms with Crippen LogP contribution in [-0.4, -0.2) is 9.91 Å². The first-order valence-electron chi connectivity index (χ1n) is 6.47. The van der Waals surface area contributed by atoms with Crippen LogP contribution in [0.5, 0.6) is 0 Å². The molecule has 20 heavy (non-hydrogen) atoms. The highest BCUT2D eigenvalue weighted by molar-refractivity contribution is 7.11. The molecule has 1 aromatic carbocycles. The zero-order valence-corrected chi connectivity index (χ0v) is 12.5. The zero-order chi connectivity index (χ0) is 14.7. The molecule has 0 aliphatic carbocycles. The topological polar surface area (TPSA) is 68.1 Å². The van der Waals surface area contributed by atoms with Gasteiger partial charge in [0.05, 0.1) is 11.0 Å². The molecule has 0 spiro atoms. The van der Waals surface area contributed by atoms with Gasteiger partial charge in [-0.3, -0.25) is 10.1 Å². The van der Waals surface area contributed by atoms with Gasteiger partial charge in [-0.1, -0.05) is 13.0 Å². The van der Waals surface area contributed by atoms with Crippen molar-refractivity contribution in [2.24, 2.45) is 0 Å². The molecule has 0 fully saturated rings. The average Bonchev–Trinajstić information content (AvgIpc) is 2.87. The molecule has 1 N–H and O–H groups in total. The van der Waals surface area contributed by atoms with Gasteiger partial charge in [-0.15, -0.1) is 11.3 Å². The first kappa shape index (κ1) is 14.5. The van der Waals surface area contributed by atoms with Gasteiger partial charge in [-0.2, -0.15) is 0 Å². The summed E-state index contributed by atoms with van der Waals surface area (Å²) in [5.41, 5.74) is 1.61. The van der Waals surface area contributed by atoms with E-state index in [0.29, 0.717) is 5.69 Å². The molecule has 2 aromatic rings. The number of nitrogens with zero attached hydrogens (tertiary/aromatic N) is 2. The van der Waals surface area contributed by atoms with Crippen LogP contribution in [0.3, 0.4) is 0 Å². The zero-order valence-electron chi connectivity index (χ0n) is 11.7. The van der Waals surface area contributed by atoms with Crippen molar-refractivity contribution in [3.05, 3.63) is 50.0 Å². The van der Waals surface area contributed by atoms with Crippen LogP contribution in [0.4, 0.5) is 11.4 Å². The van der Waals surface area contributed by atoms with Crippen molar-refractivity contribution in [2.45, 2.75) is 33.2 Å². The Kier molecular flexibility index (Phi) is 4.34. The highest BCUT2D eigenvalue weighted by Crippen LogP contribution is 2.30. The van der Waals surface area contributed by atoms with Crippen LogP contribution >= 0.6 is 11.3 Å². The van der Waals surface area contributed by atoms with Gasteiger partial charge in [-0.05, 0) is 31.9 Å². The number of anilines is 1. The molecule has 1 aromatic heterocycles. The van der Waals surface area contributed by atoms with Gasteiger partial charge in [0.25, 0.3) is 5.69 Å². The second-order valence-electron chi connectivity index (χ2n) is 4.66. The summed E-state index contributed by atoms with van der Waals surface area (Å²) in [6.07, 6.45) is 2.82. The first-order valence-corrected chi connectivity index (χ1v) is 7.29. The fourth-order valence-corrected chi connectivity index (χ4v) is 2.77. The van der Waals surface area contributed by atoms with Crippen molar-refractivity contribution >= 4 is 22.7 Å². The predicted molar refractivity (Wildman–Crippen MR) is 81.4 cm³/mol. The Labute approximate surface area is 121 Å². The van der Waals surface area contributed by atoms with Crippen LogP contribution in [-0.2, 0) is 6.42 Å². The van der Waals surface area contributed by atoms with Crippen molar-refractivity contribution < 1.29 is 4.92 Å². The molecule has 0 amide bonds. The number of aryl methyl sites for hydroxylation is 2. The van der Waals surface area contributed by atoms with E-state index in [0.717, 1.165) is 17.0 Å². The molecule has 1 unspecified atom stereocenters. The van der Waals surface area contributed by atoms with Crippen molar-refractivity contribution in [1.82, 2.24) is 4.98 Å². The molecule has 0 aliphatic heterocycles. The maximum Gasteiger partial charge on any atom is 0.292 e. The van der Waals surface area contributed by atoms with E-state index in [4.69, 9.17) is 0 Å². The number of benzene rings is 1. The quantitative estimate of drug-likeness (QED) is 0.665. The van der Waals surface area contributed by atoms with E-state index >= 15 is 0 Å². The van der Waals surface area contributed by atoms with Crippen molar-refractivity contribution in [3.8, 4) is 0 Å². The summed E-state index contributed by atoms with van der Waals surface area (Å²) in [7, 11) is 0. The van der Waals surface area contributed by atoms with E-state index < -0.39 is 0 Å². The van der Waals surface area contributed by atoms with E-state index in [-0.39, 0.29) is 16.7 Å². The monoisotopic (exact) mass is 291 g/mol. The van der Waals surface area contributed by atoms with Crippen LogP contribution in [0.25, 0.3) is 0 Å². The van der Waals surface area contributed by atoms with Crippen molar-refractivity contribution in [2.75, 3.05) is 5.32 Å². The van der Waals surface area contributed by atoms with E-state index in [1.54, 1.807) is 23.5 Å². The smallest absolute Gasteiger partial charge is 0.292 e. The molecular weight excluding hydrogens is 274 g/mol. The summed E-state index contributed by atoms with van der Waals surface area (Å²) in [6, 6.07) is 5.01. The average molecular weight is 291 g/mol. The highest BCUT2D eigenvalue weighted by Gasteiger charge is 2.17. The number of nitro groups is 1. The van der Waals surface area contributed by atoms with Crippen LogP contribution < -0.4 is 5.32 Å². The van der Waals surface area contributed by atoms with Gasteiger partial charge in [0, 0.05) is 17.1 Å². The van der Waals surface area contributed by atoms with Gasteiger partial charge in [0.2, 0.25) is 0 Å². The van der Waals surface area contributed by atoms with Gasteiger partial charge in [0.1, 0.15) is 10.7 Å². The molecule has 0 bridgehead atoms. The lowest BCUT2D eigenvalue weighted by molar-refractivity contribution is -0.384. The Bertz CT molecular complexity index is 625. The molecule has 0 saturated carbocycles. The Morgan fingerprint density at radius 2 is 2.25 bits per heavy atom. The van der Waals surface area contributed by atoms with Crippen molar-refractivity contribution in [1.29, 1.82) is 0 Å². The van der Waals surface area contributed by atoms with Crippen LogP contribution in [0, 0.1) is 17.0 Å². The van der Waals surface area contributed by atoms with Gasteiger partial charge in [-0.25, -0.2) is 4.98 Å². The minimum Gasteiger partial charge on any atom is -0.371 e. The number of aromatic nitrogens is 1. The van der Waals surface area contributed by atoms with E-state index in [2.05, 4.69) is 17.2 Å². The lowest BCUT2D eigenvalue weighted by atomic mass is 10.2. The summed E-state index contributed by atoms with van der Waals surface area (Å²) in [5, 5.41) is 15.2. The number of nitro benzene ring substituents is 1. The fourth-order valence-electron chi connectivity index (χ4n) is 1.91. The number of rotatable bonds is 5. The Morgan fingerprint density at radius 3 is 2.85 bits per heavy atom. The maximum atomic E-state index is 11.1. The molecule has 106 valence electrons. The molecule has 1 atom stereocenters. The lowest BCUT2D eigenvalue weighted by Crippen LogP contribution is -2.08. The second-order valence-corrected chi connectivity index (χ2v) is 5.81. The summed E-state index contributed by atoms with van der Waals surface area (Å²) < 4.78 is 0. The van der Waals surface area contributed by atoms with E-state index in [1.807, 2.05) is 20.0 Å². The molecule has 0 aliphatic rings. The molecule has 5 nitrogen and oxygen atoms in total. The van der Waals surface area contributed by atoms with Crippen LogP contribution in [0.15, 0.2) is 24.4 Å². The lowest BCUT2D eigenvalue weighted by Gasteiger charge is -2.13. The first-order chi connectivity index (χ1) is 9.51. The minimum absolute atomic E-state index is 0.0548. The normalized spacial score (nSPS) is 12.2.